The number of carbonyl (C=O) groups excluding carboxylic acids is 1. The molecule has 0 radical (unpaired) electrons. The number of amides is 1. The lowest BCUT2D eigenvalue weighted by atomic mass is 9.93. The molecule has 0 heterocycles. The summed E-state index contributed by atoms with van der Waals surface area (Å²) in [4.78, 5) is 12.1. The molecule has 0 spiro atoms. The van der Waals surface area contributed by atoms with Gasteiger partial charge in [-0.05, 0) is 31.1 Å². The van der Waals surface area contributed by atoms with Gasteiger partial charge in [0.2, 0.25) is 5.91 Å². The van der Waals surface area contributed by atoms with E-state index in [1.165, 1.54) is 6.42 Å². The molecule has 0 saturated carbocycles. The van der Waals surface area contributed by atoms with E-state index < -0.39 is 0 Å². The summed E-state index contributed by atoms with van der Waals surface area (Å²) in [5.41, 5.74) is 0. The van der Waals surface area contributed by atoms with E-state index in [0.717, 1.165) is 38.6 Å². The lowest BCUT2D eigenvalue weighted by molar-refractivity contribution is -0.125. The maximum absolute atomic E-state index is 12.1. The van der Waals surface area contributed by atoms with Crippen LogP contribution in [0.15, 0.2) is 0 Å². The van der Waals surface area contributed by atoms with Crippen LogP contribution in [0.5, 0.6) is 0 Å². The predicted molar refractivity (Wildman–Crippen MR) is 79.6 cm³/mol. The molecule has 0 saturated heterocycles. The highest BCUT2D eigenvalue weighted by Gasteiger charge is 2.17. The van der Waals surface area contributed by atoms with Crippen molar-refractivity contribution in [1.29, 1.82) is 0 Å². The first-order chi connectivity index (χ1) is 8.54. The SMILES string of the molecule is CCCC(CCC)C(=O)NC[C@H](CC)CC(C)C. The Morgan fingerprint density at radius 2 is 1.61 bits per heavy atom. The van der Waals surface area contributed by atoms with Crippen LogP contribution in [0, 0.1) is 17.8 Å². The molecule has 1 N–H and O–H groups in total. The normalized spacial score (nSPS) is 13.1. The third-order valence-electron chi connectivity index (χ3n) is 3.59. The van der Waals surface area contributed by atoms with E-state index in [1.807, 2.05) is 0 Å². The van der Waals surface area contributed by atoms with Crippen molar-refractivity contribution in [2.75, 3.05) is 6.54 Å². The van der Waals surface area contributed by atoms with Crippen LogP contribution in [0.25, 0.3) is 0 Å². The molecule has 1 atom stereocenters. The van der Waals surface area contributed by atoms with Gasteiger partial charge in [0, 0.05) is 12.5 Å². The molecule has 0 rings (SSSR count). The zero-order valence-electron chi connectivity index (χ0n) is 13.1. The molecule has 0 aromatic carbocycles. The molecule has 0 aromatic rings. The van der Waals surface area contributed by atoms with Crippen molar-refractivity contribution in [3.63, 3.8) is 0 Å². The average Bonchev–Trinajstić information content (AvgIpc) is 2.33. The van der Waals surface area contributed by atoms with E-state index in [-0.39, 0.29) is 11.8 Å². The molecule has 1 amide bonds. The molecule has 2 nitrogen and oxygen atoms in total. The zero-order chi connectivity index (χ0) is 14.0. The van der Waals surface area contributed by atoms with Crippen LogP contribution < -0.4 is 5.32 Å². The molecule has 0 fully saturated rings. The first-order valence-corrected chi connectivity index (χ1v) is 7.82. The quantitative estimate of drug-likeness (QED) is 0.616. The number of rotatable bonds is 10. The van der Waals surface area contributed by atoms with Gasteiger partial charge in [0.15, 0.2) is 0 Å². The Bertz CT molecular complexity index is 207. The van der Waals surface area contributed by atoms with Gasteiger partial charge in [0.25, 0.3) is 0 Å². The number of nitrogens with one attached hydrogen (secondary N) is 1. The van der Waals surface area contributed by atoms with Crippen LogP contribution in [-0.2, 0) is 4.79 Å². The third kappa shape index (κ3) is 7.73. The summed E-state index contributed by atoms with van der Waals surface area (Å²) in [6, 6.07) is 0. The van der Waals surface area contributed by atoms with Crippen molar-refractivity contribution >= 4 is 5.91 Å². The van der Waals surface area contributed by atoms with E-state index in [0.29, 0.717) is 11.8 Å². The number of hydrogen-bond donors (Lipinski definition) is 1. The summed E-state index contributed by atoms with van der Waals surface area (Å²) in [5.74, 6) is 1.87. The summed E-state index contributed by atoms with van der Waals surface area (Å²) in [6.07, 6.45) is 6.62. The minimum absolute atomic E-state index is 0.233. The van der Waals surface area contributed by atoms with Crippen molar-refractivity contribution in [3.05, 3.63) is 0 Å². The van der Waals surface area contributed by atoms with Crippen LogP contribution in [0.1, 0.15) is 73.1 Å². The summed E-state index contributed by atoms with van der Waals surface area (Å²) >= 11 is 0. The fraction of sp³-hybridized carbons (Fsp3) is 0.938. The summed E-state index contributed by atoms with van der Waals surface area (Å²) in [5, 5.41) is 3.17. The second-order valence-electron chi connectivity index (χ2n) is 5.92. The second-order valence-corrected chi connectivity index (χ2v) is 5.92. The van der Waals surface area contributed by atoms with Gasteiger partial charge < -0.3 is 5.32 Å². The number of hydrogen-bond acceptors (Lipinski definition) is 1. The Labute approximate surface area is 114 Å². The second kappa shape index (κ2) is 10.4. The van der Waals surface area contributed by atoms with Gasteiger partial charge >= 0.3 is 0 Å². The maximum Gasteiger partial charge on any atom is 0.223 e. The van der Waals surface area contributed by atoms with E-state index in [9.17, 15) is 4.79 Å². The van der Waals surface area contributed by atoms with Crippen LogP contribution in [0.4, 0.5) is 0 Å². The van der Waals surface area contributed by atoms with E-state index >= 15 is 0 Å². The molecule has 0 aliphatic carbocycles. The zero-order valence-corrected chi connectivity index (χ0v) is 13.1. The molecular weight excluding hydrogens is 222 g/mol. The summed E-state index contributed by atoms with van der Waals surface area (Å²) < 4.78 is 0. The number of carbonyl (C=O) groups is 1. The minimum atomic E-state index is 0.233. The van der Waals surface area contributed by atoms with Gasteiger partial charge in [0.05, 0.1) is 0 Å². The highest BCUT2D eigenvalue weighted by atomic mass is 16.1. The summed E-state index contributed by atoms with van der Waals surface area (Å²) in [7, 11) is 0. The molecule has 108 valence electrons. The van der Waals surface area contributed by atoms with Gasteiger partial charge in [-0.1, -0.05) is 53.9 Å². The molecule has 0 unspecified atom stereocenters. The van der Waals surface area contributed by atoms with Gasteiger partial charge in [-0.2, -0.15) is 0 Å². The molecular formula is C16H33NO. The van der Waals surface area contributed by atoms with Gasteiger partial charge in [-0.25, -0.2) is 0 Å². The third-order valence-corrected chi connectivity index (χ3v) is 3.59. The van der Waals surface area contributed by atoms with E-state index in [4.69, 9.17) is 0 Å². The fourth-order valence-electron chi connectivity index (χ4n) is 2.55. The first-order valence-electron chi connectivity index (χ1n) is 7.82. The molecule has 0 aromatic heterocycles. The van der Waals surface area contributed by atoms with Crippen LogP contribution in [0.3, 0.4) is 0 Å². The topological polar surface area (TPSA) is 29.1 Å². The first kappa shape index (κ1) is 17.5. The van der Waals surface area contributed by atoms with Crippen LogP contribution >= 0.6 is 0 Å². The standard InChI is InChI=1S/C16H33NO/c1-6-9-15(10-7-2)16(18)17-12-14(8-3)11-13(4)5/h13-15H,6-12H2,1-5H3,(H,17,18)/t14-/m1/s1. The van der Waals surface area contributed by atoms with Gasteiger partial charge in [-0.3, -0.25) is 4.79 Å². The minimum Gasteiger partial charge on any atom is -0.356 e. The lowest BCUT2D eigenvalue weighted by Crippen LogP contribution is -2.34. The molecule has 2 heteroatoms. The van der Waals surface area contributed by atoms with Crippen molar-refractivity contribution in [2.45, 2.75) is 73.1 Å². The van der Waals surface area contributed by atoms with Crippen LogP contribution in [-0.4, -0.2) is 12.5 Å². The Balaban J connectivity index is 4.10. The highest BCUT2D eigenvalue weighted by molar-refractivity contribution is 5.78. The Kier molecular flexibility index (Phi) is 10.1. The summed E-state index contributed by atoms with van der Waals surface area (Å²) in [6.45, 7) is 11.9. The van der Waals surface area contributed by atoms with Crippen molar-refractivity contribution in [3.8, 4) is 0 Å². The smallest absolute Gasteiger partial charge is 0.223 e. The van der Waals surface area contributed by atoms with E-state index in [1.54, 1.807) is 0 Å². The van der Waals surface area contributed by atoms with E-state index in [2.05, 4.69) is 39.9 Å². The average molecular weight is 255 g/mol. The molecule has 0 aliphatic rings. The van der Waals surface area contributed by atoms with Gasteiger partial charge in [-0.15, -0.1) is 0 Å². The van der Waals surface area contributed by atoms with Crippen molar-refractivity contribution < 1.29 is 4.79 Å². The predicted octanol–water partition coefficient (Wildman–Crippen LogP) is 4.39. The lowest BCUT2D eigenvalue weighted by Gasteiger charge is -2.20. The Morgan fingerprint density at radius 1 is 1.06 bits per heavy atom. The van der Waals surface area contributed by atoms with Crippen LogP contribution in [0.2, 0.25) is 0 Å². The highest BCUT2D eigenvalue weighted by Crippen LogP contribution is 2.16. The fourth-order valence-corrected chi connectivity index (χ4v) is 2.55. The van der Waals surface area contributed by atoms with Crippen molar-refractivity contribution in [2.24, 2.45) is 17.8 Å². The van der Waals surface area contributed by atoms with Crippen molar-refractivity contribution in [1.82, 2.24) is 5.32 Å². The molecule has 18 heavy (non-hydrogen) atoms. The Hall–Kier alpha value is -0.530. The van der Waals surface area contributed by atoms with Gasteiger partial charge in [0.1, 0.15) is 0 Å². The molecule has 0 aliphatic heterocycles. The molecule has 0 bridgehead atoms. The largest absolute Gasteiger partial charge is 0.356 e. The monoisotopic (exact) mass is 255 g/mol. The Morgan fingerprint density at radius 3 is 2.00 bits per heavy atom. The maximum atomic E-state index is 12.1.